The van der Waals surface area contributed by atoms with Crippen LogP contribution < -0.4 is 10.5 Å². The fraction of sp³-hybridized carbons (Fsp3) is 0.333. The van der Waals surface area contributed by atoms with Gasteiger partial charge < -0.3 is 4.74 Å². The first-order chi connectivity index (χ1) is 4.33. The maximum absolute atomic E-state index is 5.04. The predicted octanol–water partition coefficient (Wildman–Crippen LogP) is -0.238. The zero-order chi connectivity index (χ0) is 6.69. The number of nitrogens with one attached hydrogen (secondary N) is 2. The van der Waals surface area contributed by atoms with Crippen LogP contribution in [0.25, 0.3) is 0 Å². The van der Waals surface area contributed by atoms with Gasteiger partial charge in [0.25, 0.3) is 0 Å². The number of ether oxygens (including phenoxy) is 1. The Morgan fingerprint density at radius 1 is 1.67 bits per heavy atom. The van der Waals surface area contributed by atoms with Crippen molar-refractivity contribution in [3.8, 4) is 6.01 Å². The molecule has 0 spiro atoms. The molecule has 0 fully saturated rings. The van der Waals surface area contributed by atoms with Crippen LogP contribution in [0.2, 0.25) is 0 Å². The first kappa shape index (κ1) is 6.24. The van der Waals surface area contributed by atoms with Crippen molar-refractivity contribution in [2.24, 2.45) is 5.73 Å². The summed E-state index contributed by atoms with van der Waals surface area (Å²) in [7, 11) is 0. The van der Waals surface area contributed by atoms with Gasteiger partial charge in [0, 0.05) is 0 Å². The first-order valence-electron chi connectivity index (χ1n) is 2.30. The van der Waals surface area contributed by atoms with Crippen molar-refractivity contribution in [1.82, 2.24) is 15.2 Å². The summed E-state index contributed by atoms with van der Waals surface area (Å²) >= 11 is 4.63. The quantitative estimate of drug-likeness (QED) is 0.397. The Kier molecular flexibility index (Phi) is 1.81. The monoisotopic (exact) mass is 146 g/mol. The Morgan fingerprint density at radius 3 is 2.89 bits per heavy atom. The number of rotatable bonds is 2. The highest BCUT2D eigenvalue weighted by Gasteiger charge is 1.91. The van der Waals surface area contributed by atoms with Gasteiger partial charge in [-0.2, -0.15) is 4.98 Å². The third-order valence-corrected chi connectivity index (χ3v) is 0.893. The van der Waals surface area contributed by atoms with Gasteiger partial charge in [0.05, 0.1) is 0 Å². The second-order valence-corrected chi connectivity index (χ2v) is 1.67. The van der Waals surface area contributed by atoms with Crippen molar-refractivity contribution in [2.45, 2.75) is 0 Å². The lowest BCUT2D eigenvalue weighted by atomic mass is 11.1. The highest BCUT2D eigenvalue weighted by Crippen LogP contribution is 1.94. The van der Waals surface area contributed by atoms with Gasteiger partial charge >= 0.3 is 6.01 Å². The number of hydrogen-bond donors (Lipinski definition) is 3. The second kappa shape index (κ2) is 2.60. The Balaban J connectivity index is 2.73. The second-order valence-electron chi connectivity index (χ2n) is 1.28. The summed E-state index contributed by atoms with van der Waals surface area (Å²) in [6.07, 6.45) is 0. The molecule has 0 saturated heterocycles. The molecule has 5 nitrogen and oxygen atoms in total. The minimum Gasteiger partial charge on any atom is -0.448 e. The van der Waals surface area contributed by atoms with E-state index >= 15 is 0 Å². The Bertz CT molecular complexity index is 228. The van der Waals surface area contributed by atoms with Crippen LogP contribution in [0.3, 0.4) is 0 Å². The Hall–Kier alpha value is -0.880. The lowest BCUT2D eigenvalue weighted by Gasteiger charge is -1.91. The molecule has 0 saturated carbocycles. The number of hydrogen-bond acceptors (Lipinski definition) is 4. The molecule has 1 heterocycles. The molecule has 6 heteroatoms. The normalized spacial score (nSPS) is 9.44. The molecular weight excluding hydrogens is 140 g/mol. The molecule has 0 bridgehead atoms. The van der Waals surface area contributed by atoms with Crippen LogP contribution in [0.15, 0.2) is 0 Å². The van der Waals surface area contributed by atoms with E-state index in [2.05, 4.69) is 27.4 Å². The van der Waals surface area contributed by atoms with Crippen LogP contribution >= 0.6 is 12.2 Å². The highest BCUT2D eigenvalue weighted by molar-refractivity contribution is 7.71. The highest BCUT2D eigenvalue weighted by atomic mass is 32.1. The van der Waals surface area contributed by atoms with Crippen LogP contribution in [0.1, 0.15) is 0 Å². The molecule has 1 aromatic heterocycles. The molecule has 0 radical (unpaired) electrons. The van der Waals surface area contributed by atoms with Gasteiger partial charge in [-0.1, -0.05) is 0 Å². The number of nitrogens with zero attached hydrogens (tertiary/aromatic N) is 1. The maximum Gasteiger partial charge on any atom is 0.312 e. The molecule has 9 heavy (non-hydrogen) atoms. The standard InChI is InChI=1S/C3H6N4OS/c4-1-8-2-5-3(9)7-6-2/h1,4H2,(H2,5,6,7,9). The van der Waals surface area contributed by atoms with E-state index in [1.807, 2.05) is 0 Å². The number of aromatic amines is 2. The summed E-state index contributed by atoms with van der Waals surface area (Å²) in [6.45, 7) is 0.0934. The fourth-order valence-electron chi connectivity index (χ4n) is 0.402. The number of aromatic nitrogens is 3. The van der Waals surface area contributed by atoms with Gasteiger partial charge in [-0.3, -0.25) is 15.9 Å². The molecular formula is C3H6N4OS. The summed E-state index contributed by atoms with van der Waals surface area (Å²) in [5, 5.41) is 5.12. The molecule has 0 aliphatic heterocycles. The summed E-state index contributed by atoms with van der Waals surface area (Å²) in [4.78, 5) is 3.70. The van der Waals surface area contributed by atoms with Gasteiger partial charge in [-0.25, -0.2) is 0 Å². The van der Waals surface area contributed by atoms with E-state index < -0.39 is 0 Å². The molecule has 0 aliphatic rings. The van der Waals surface area contributed by atoms with E-state index in [1.165, 1.54) is 0 Å². The Labute approximate surface area is 56.2 Å². The first-order valence-corrected chi connectivity index (χ1v) is 2.71. The average molecular weight is 146 g/mol. The van der Waals surface area contributed by atoms with Crippen LogP contribution in [-0.2, 0) is 0 Å². The van der Waals surface area contributed by atoms with E-state index in [1.54, 1.807) is 0 Å². The molecule has 0 atom stereocenters. The number of nitrogens with two attached hydrogens (primary N) is 1. The van der Waals surface area contributed by atoms with Gasteiger partial charge in [0.1, 0.15) is 6.73 Å². The van der Waals surface area contributed by atoms with E-state index in [9.17, 15) is 0 Å². The zero-order valence-corrected chi connectivity index (χ0v) is 5.36. The van der Waals surface area contributed by atoms with Crippen molar-refractivity contribution in [1.29, 1.82) is 0 Å². The zero-order valence-electron chi connectivity index (χ0n) is 4.55. The smallest absolute Gasteiger partial charge is 0.312 e. The van der Waals surface area contributed by atoms with Gasteiger partial charge in [-0.15, -0.1) is 0 Å². The molecule has 1 aromatic rings. The van der Waals surface area contributed by atoms with Crippen molar-refractivity contribution in [3.63, 3.8) is 0 Å². The maximum atomic E-state index is 5.04. The predicted molar refractivity (Wildman–Crippen MR) is 33.5 cm³/mol. The average Bonchev–Trinajstić information content (AvgIpc) is 2.17. The molecule has 4 N–H and O–H groups in total. The molecule has 0 amide bonds. The molecule has 50 valence electrons. The van der Waals surface area contributed by atoms with E-state index in [4.69, 9.17) is 10.5 Å². The minimum atomic E-state index is 0.0934. The minimum absolute atomic E-state index is 0.0934. The topological polar surface area (TPSA) is 79.7 Å². The molecule has 0 aromatic carbocycles. The van der Waals surface area contributed by atoms with Crippen molar-refractivity contribution in [3.05, 3.63) is 4.77 Å². The van der Waals surface area contributed by atoms with Crippen LogP contribution in [0.5, 0.6) is 6.01 Å². The summed E-state index contributed by atoms with van der Waals surface area (Å²) in [6, 6.07) is 0.322. The van der Waals surface area contributed by atoms with Crippen molar-refractivity contribution >= 4 is 12.2 Å². The van der Waals surface area contributed by atoms with Gasteiger partial charge in [0.15, 0.2) is 0 Å². The molecule has 0 aliphatic carbocycles. The lowest BCUT2D eigenvalue weighted by Crippen LogP contribution is -2.08. The van der Waals surface area contributed by atoms with E-state index in [0.29, 0.717) is 10.8 Å². The van der Waals surface area contributed by atoms with Crippen molar-refractivity contribution < 1.29 is 4.74 Å². The van der Waals surface area contributed by atoms with Crippen LogP contribution in [-0.4, -0.2) is 21.9 Å². The van der Waals surface area contributed by atoms with Crippen LogP contribution in [0.4, 0.5) is 0 Å². The molecule has 0 unspecified atom stereocenters. The van der Waals surface area contributed by atoms with Gasteiger partial charge in [-0.05, 0) is 12.2 Å². The van der Waals surface area contributed by atoms with Crippen LogP contribution in [0, 0.1) is 4.77 Å². The SMILES string of the molecule is NCOc1nc(=S)[nH][nH]1. The largest absolute Gasteiger partial charge is 0.448 e. The third kappa shape index (κ3) is 1.51. The molecule has 1 rings (SSSR count). The lowest BCUT2D eigenvalue weighted by molar-refractivity contribution is 0.304. The van der Waals surface area contributed by atoms with Gasteiger partial charge in [0.2, 0.25) is 4.77 Å². The fourth-order valence-corrected chi connectivity index (χ4v) is 0.536. The number of H-pyrrole nitrogens is 2. The summed E-state index contributed by atoms with van der Waals surface area (Å²) in [5.74, 6) is 0. The van der Waals surface area contributed by atoms with E-state index in [-0.39, 0.29) is 6.73 Å². The Morgan fingerprint density at radius 2 is 2.44 bits per heavy atom. The van der Waals surface area contributed by atoms with E-state index in [0.717, 1.165) is 0 Å². The van der Waals surface area contributed by atoms with Crippen molar-refractivity contribution in [2.75, 3.05) is 6.73 Å². The third-order valence-electron chi connectivity index (χ3n) is 0.700. The summed E-state index contributed by atoms with van der Waals surface area (Å²) in [5.41, 5.74) is 5.04. The summed E-state index contributed by atoms with van der Waals surface area (Å²) < 4.78 is 5.10.